The van der Waals surface area contributed by atoms with Gasteiger partial charge in [-0.2, -0.15) is 0 Å². The molecule has 0 radical (unpaired) electrons. The van der Waals surface area contributed by atoms with Gasteiger partial charge in [0.2, 0.25) is 0 Å². The topological polar surface area (TPSA) is 79.3 Å². The number of rotatable bonds is 47. The summed E-state index contributed by atoms with van der Waals surface area (Å²) in [5, 5.41) is 11.8. The Hall–Kier alpha value is -1.18. The lowest BCUT2D eigenvalue weighted by Crippen LogP contribution is -2.54. The van der Waals surface area contributed by atoms with Gasteiger partial charge >= 0.3 is 11.9 Å². The second-order valence-electron chi connectivity index (χ2n) is 21.6. The van der Waals surface area contributed by atoms with E-state index in [4.69, 9.17) is 9.47 Å². The Labute approximate surface area is 404 Å². The van der Waals surface area contributed by atoms with Crippen LogP contribution in [0.15, 0.2) is 0 Å². The number of hydrogen-bond donors (Lipinski definition) is 1. The minimum absolute atomic E-state index is 0.00108. The zero-order valence-electron chi connectivity index (χ0n) is 44.1. The number of nitrogens with zero attached hydrogens (tertiary/aromatic N) is 2. The maximum Gasteiger partial charge on any atom is 0.305 e. The Morgan fingerprint density at radius 2 is 0.892 bits per heavy atom. The molecule has 0 unspecified atom stereocenters. The molecule has 1 saturated carbocycles. The zero-order chi connectivity index (χ0) is 46.9. The molecule has 0 amide bonds. The third-order valence-corrected chi connectivity index (χ3v) is 15.4. The summed E-state index contributed by atoms with van der Waals surface area (Å²) in [6, 6.07) is 0.607. The first-order chi connectivity index (χ1) is 31.8. The lowest BCUT2D eigenvalue weighted by molar-refractivity contribution is -0.146. The normalized spacial score (nSPS) is 15.6. The van der Waals surface area contributed by atoms with Crippen LogP contribution in [0.4, 0.5) is 0 Å². The third kappa shape index (κ3) is 33.1. The molecular formula is C58H112N2O5. The summed E-state index contributed by atoms with van der Waals surface area (Å²) in [6.07, 6.45) is 49.2. The number of carbonyl (C=O) groups is 2. The molecule has 7 heteroatoms. The fourth-order valence-electron chi connectivity index (χ4n) is 10.5. The number of likely N-dealkylation sites (tertiary alicyclic amines) is 1. The van der Waals surface area contributed by atoms with E-state index in [1.165, 1.54) is 199 Å². The van der Waals surface area contributed by atoms with Crippen LogP contribution in [0.5, 0.6) is 0 Å². The summed E-state index contributed by atoms with van der Waals surface area (Å²) in [6.45, 7) is 15.1. The minimum Gasteiger partial charge on any atom is -0.465 e. The van der Waals surface area contributed by atoms with Crippen molar-refractivity contribution < 1.29 is 24.2 Å². The average molecular weight is 918 g/mol. The highest BCUT2D eigenvalue weighted by atomic mass is 16.5. The van der Waals surface area contributed by atoms with Gasteiger partial charge in [0, 0.05) is 38.5 Å². The fraction of sp³-hybridized carbons (Fsp3) is 0.966. The predicted octanol–water partition coefficient (Wildman–Crippen LogP) is 16.1. The summed E-state index contributed by atoms with van der Waals surface area (Å²) >= 11 is 0. The number of carbonyl (C=O) groups excluding carboxylic acids is 2. The molecule has 0 aromatic heterocycles. The Kier molecular flexibility index (Phi) is 38.5. The first-order valence-corrected chi connectivity index (χ1v) is 29.3. The van der Waals surface area contributed by atoms with Crippen LogP contribution in [0, 0.1) is 11.8 Å². The smallest absolute Gasteiger partial charge is 0.305 e. The van der Waals surface area contributed by atoms with Gasteiger partial charge in [0.15, 0.2) is 0 Å². The summed E-state index contributed by atoms with van der Waals surface area (Å²) < 4.78 is 11.8. The van der Waals surface area contributed by atoms with Crippen molar-refractivity contribution in [3.63, 3.8) is 0 Å². The second kappa shape index (κ2) is 41.8. The van der Waals surface area contributed by atoms with Gasteiger partial charge in [0.1, 0.15) is 0 Å². The van der Waals surface area contributed by atoms with Crippen LogP contribution in [0.25, 0.3) is 0 Å². The van der Waals surface area contributed by atoms with E-state index in [1.807, 2.05) is 0 Å². The largest absolute Gasteiger partial charge is 0.465 e. The van der Waals surface area contributed by atoms with Gasteiger partial charge in [-0.15, -0.1) is 0 Å². The molecule has 1 heterocycles. The van der Waals surface area contributed by atoms with Crippen LogP contribution in [-0.4, -0.2) is 84.4 Å². The van der Waals surface area contributed by atoms with Crippen LogP contribution < -0.4 is 0 Å². The third-order valence-electron chi connectivity index (χ3n) is 15.4. The molecule has 2 aliphatic rings. The van der Waals surface area contributed by atoms with Crippen molar-refractivity contribution >= 4 is 11.9 Å². The van der Waals surface area contributed by atoms with Crippen LogP contribution in [0.2, 0.25) is 0 Å². The molecule has 0 aromatic rings. The highest BCUT2D eigenvalue weighted by molar-refractivity contribution is 5.69. The molecule has 1 aliphatic carbocycles. The van der Waals surface area contributed by atoms with E-state index in [2.05, 4.69) is 37.5 Å². The molecule has 7 nitrogen and oxygen atoms in total. The number of aliphatic hydroxyl groups is 1. The van der Waals surface area contributed by atoms with Gasteiger partial charge in [-0.1, -0.05) is 201 Å². The van der Waals surface area contributed by atoms with E-state index in [-0.39, 0.29) is 11.9 Å². The molecule has 65 heavy (non-hydrogen) atoms. The van der Waals surface area contributed by atoms with Gasteiger partial charge in [0.05, 0.1) is 18.8 Å². The molecular weight excluding hydrogens is 805 g/mol. The predicted molar refractivity (Wildman–Crippen MR) is 278 cm³/mol. The van der Waals surface area contributed by atoms with Crippen molar-refractivity contribution in [2.45, 2.75) is 303 Å². The van der Waals surface area contributed by atoms with Crippen molar-refractivity contribution in [1.82, 2.24) is 9.80 Å². The van der Waals surface area contributed by atoms with E-state index in [0.29, 0.717) is 43.9 Å². The first kappa shape index (κ1) is 59.9. The maximum atomic E-state index is 12.8. The summed E-state index contributed by atoms with van der Waals surface area (Å²) in [5.74, 6) is 1.05. The quantitative estimate of drug-likeness (QED) is 0.0481. The van der Waals surface area contributed by atoms with Crippen LogP contribution in [0.1, 0.15) is 291 Å². The molecule has 0 bridgehead atoms. The lowest BCUT2D eigenvalue weighted by Gasteiger charge is -2.45. The SMILES string of the molecule is CCCCCCCCC(CCCCCCCC)COC(=O)CCCCCN1CCC(O)(CN(CCCCCC(=O)OCC(CCCCCCCC)CCCCCCCC)C2CCC2)CC1. The molecule has 2 fully saturated rings. The van der Waals surface area contributed by atoms with E-state index < -0.39 is 5.60 Å². The number of unbranched alkanes of at least 4 members (excludes halogenated alkanes) is 24. The molecule has 0 spiro atoms. The number of ether oxygens (including phenoxy) is 2. The number of hydrogen-bond acceptors (Lipinski definition) is 7. The summed E-state index contributed by atoms with van der Waals surface area (Å²) in [4.78, 5) is 30.7. The van der Waals surface area contributed by atoms with Gasteiger partial charge in [-0.05, 0) is 102 Å². The van der Waals surface area contributed by atoms with Crippen molar-refractivity contribution in [1.29, 1.82) is 0 Å². The summed E-state index contributed by atoms with van der Waals surface area (Å²) in [7, 11) is 0. The Morgan fingerprint density at radius 1 is 0.523 bits per heavy atom. The molecule has 0 atom stereocenters. The maximum absolute atomic E-state index is 12.8. The van der Waals surface area contributed by atoms with E-state index in [0.717, 1.165) is 84.1 Å². The highest BCUT2D eigenvalue weighted by Crippen LogP contribution is 2.31. The van der Waals surface area contributed by atoms with Crippen molar-refractivity contribution in [2.75, 3.05) is 45.9 Å². The van der Waals surface area contributed by atoms with Crippen molar-refractivity contribution in [3.8, 4) is 0 Å². The number of esters is 2. The average Bonchev–Trinajstić information content (AvgIpc) is 3.28. The first-order valence-electron chi connectivity index (χ1n) is 29.3. The Balaban J connectivity index is 1.62. The summed E-state index contributed by atoms with van der Waals surface area (Å²) in [5.41, 5.74) is -0.608. The van der Waals surface area contributed by atoms with Gasteiger partial charge in [-0.3, -0.25) is 14.5 Å². The molecule has 2 rings (SSSR count). The second-order valence-corrected chi connectivity index (χ2v) is 21.6. The van der Waals surface area contributed by atoms with Gasteiger partial charge < -0.3 is 19.5 Å². The van der Waals surface area contributed by atoms with E-state index >= 15 is 0 Å². The molecule has 1 N–H and O–H groups in total. The standard InChI is InChI=1S/C58H112N2O5/c1-5-9-13-17-21-27-36-53(37-28-22-18-14-10-6-2)50-64-56(61)42-31-25-33-46-59-48-44-58(63,45-49-59)52-60(55-40-35-41-55)47-34-26-32-43-57(62)65-51-54(38-29-23-19-15-11-7-3)39-30-24-20-16-12-8-4/h53-55,63H,5-52H2,1-4H3. The molecule has 384 valence electrons. The fourth-order valence-corrected chi connectivity index (χ4v) is 10.5. The van der Waals surface area contributed by atoms with Gasteiger partial charge in [0.25, 0.3) is 0 Å². The Bertz CT molecular complexity index is 1040. The van der Waals surface area contributed by atoms with Crippen molar-refractivity contribution in [2.24, 2.45) is 11.8 Å². The zero-order valence-corrected chi connectivity index (χ0v) is 44.1. The number of piperidine rings is 1. The van der Waals surface area contributed by atoms with E-state index in [9.17, 15) is 14.7 Å². The monoisotopic (exact) mass is 917 g/mol. The van der Waals surface area contributed by atoms with Crippen LogP contribution in [-0.2, 0) is 19.1 Å². The molecule has 1 saturated heterocycles. The van der Waals surface area contributed by atoms with Gasteiger partial charge in [-0.25, -0.2) is 0 Å². The van der Waals surface area contributed by atoms with Crippen LogP contribution in [0.3, 0.4) is 0 Å². The van der Waals surface area contributed by atoms with Crippen LogP contribution >= 0.6 is 0 Å². The lowest BCUT2D eigenvalue weighted by atomic mass is 9.86. The minimum atomic E-state index is -0.608. The Morgan fingerprint density at radius 3 is 1.28 bits per heavy atom. The van der Waals surface area contributed by atoms with E-state index in [1.54, 1.807) is 0 Å². The van der Waals surface area contributed by atoms with Crippen molar-refractivity contribution in [3.05, 3.63) is 0 Å². The highest BCUT2D eigenvalue weighted by Gasteiger charge is 2.37. The molecule has 1 aliphatic heterocycles. The molecule has 0 aromatic carbocycles.